The number of amides is 1. The van der Waals surface area contributed by atoms with Crippen molar-refractivity contribution in [2.75, 3.05) is 12.4 Å². The number of nitrogens with one attached hydrogen (secondary N) is 1. The summed E-state index contributed by atoms with van der Waals surface area (Å²) < 4.78 is 42.1. The lowest BCUT2D eigenvalue weighted by molar-refractivity contribution is -0.148. The summed E-state index contributed by atoms with van der Waals surface area (Å²) in [5, 5.41) is 2.82. The maximum Gasteiger partial charge on any atom is 0.307 e. The van der Waals surface area contributed by atoms with Gasteiger partial charge in [0.25, 0.3) is 5.91 Å². The number of rotatable bonds is 10. The summed E-state index contributed by atoms with van der Waals surface area (Å²) in [4.78, 5) is 23.9. The van der Waals surface area contributed by atoms with Gasteiger partial charge in [0.1, 0.15) is 5.82 Å². The smallest absolute Gasteiger partial charge is 0.307 e. The average Bonchev–Trinajstić information content (AvgIpc) is 2.71. The molecule has 0 aliphatic heterocycles. The topological polar surface area (TPSA) is 89.5 Å². The fraction of sp³-hybridized carbons (Fsp3) is 0.333. The van der Waals surface area contributed by atoms with E-state index < -0.39 is 46.3 Å². The first-order chi connectivity index (χ1) is 13.8. The number of ether oxygens (including phenoxy) is 1. The molecule has 1 amide bonds. The van der Waals surface area contributed by atoms with Crippen LogP contribution in [0.2, 0.25) is 0 Å². The van der Waals surface area contributed by atoms with Crippen molar-refractivity contribution in [1.29, 1.82) is 0 Å². The molecule has 6 nitrogen and oxygen atoms in total. The van der Waals surface area contributed by atoms with Crippen molar-refractivity contribution in [3.8, 4) is 0 Å². The van der Waals surface area contributed by atoms with Gasteiger partial charge in [-0.25, -0.2) is 12.8 Å². The lowest BCUT2D eigenvalue weighted by Crippen LogP contribution is -2.32. The van der Waals surface area contributed by atoms with E-state index in [1.165, 1.54) is 0 Å². The van der Waals surface area contributed by atoms with Crippen LogP contribution >= 0.6 is 0 Å². The molecular formula is C21H24FNO5S. The zero-order valence-electron chi connectivity index (χ0n) is 16.1. The van der Waals surface area contributed by atoms with Gasteiger partial charge < -0.3 is 10.1 Å². The third-order valence-electron chi connectivity index (χ3n) is 4.23. The van der Waals surface area contributed by atoms with Gasteiger partial charge in [0.05, 0.1) is 23.1 Å². The van der Waals surface area contributed by atoms with Crippen molar-refractivity contribution in [2.45, 2.75) is 37.1 Å². The molecule has 0 unspecified atom stereocenters. The van der Waals surface area contributed by atoms with Gasteiger partial charge in [0.2, 0.25) is 0 Å². The van der Waals surface area contributed by atoms with Gasteiger partial charge >= 0.3 is 5.97 Å². The molecule has 1 N–H and O–H groups in total. The first kappa shape index (κ1) is 22.5. The summed E-state index contributed by atoms with van der Waals surface area (Å²) in [6, 6.07) is 13.6. The van der Waals surface area contributed by atoms with Gasteiger partial charge in [0, 0.05) is 0 Å². The van der Waals surface area contributed by atoms with Gasteiger partial charge in [-0.3, -0.25) is 9.59 Å². The van der Waals surface area contributed by atoms with Crippen molar-refractivity contribution < 1.29 is 27.1 Å². The van der Waals surface area contributed by atoms with Crippen molar-refractivity contribution in [3.05, 3.63) is 66.0 Å². The van der Waals surface area contributed by atoms with Gasteiger partial charge in [-0.1, -0.05) is 43.7 Å². The van der Waals surface area contributed by atoms with E-state index in [0.29, 0.717) is 0 Å². The molecule has 156 valence electrons. The second kappa shape index (κ2) is 10.7. The zero-order valence-corrected chi connectivity index (χ0v) is 17.0. The maximum absolute atomic E-state index is 12.9. The molecule has 29 heavy (non-hydrogen) atoms. The number of carbonyl (C=O) groups excluding carboxylic acids is 2. The van der Waals surface area contributed by atoms with Gasteiger partial charge in [0.15, 0.2) is 16.4 Å². The van der Waals surface area contributed by atoms with E-state index in [9.17, 15) is 22.4 Å². The van der Waals surface area contributed by atoms with Crippen LogP contribution in [0, 0.1) is 5.82 Å². The van der Waals surface area contributed by atoms with Gasteiger partial charge in [-0.2, -0.15) is 0 Å². The molecule has 2 aromatic rings. The van der Waals surface area contributed by atoms with Gasteiger partial charge in [-0.05, 0) is 36.2 Å². The Morgan fingerprint density at radius 3 is 2.34 bits per heavy atom. The molecule has 1 atom stereocenters. The van der Waals surface area contributed by atoms with Crippen LogP contribution in [0.3, 0.4) is 0 Å². The monoisotopic (exact) mass is 421 g/mol. The van der Waals surface area contributed by atoms with E-state index in [1.54, 1.807) is 0 Å². The Labute approximate surface area is 170 Å². The van der Waals surface area contributed by atoms with Crippen LogP contribution in [0.25, 0.3) is 0 Å². The van der Waals surface area contributed by atoms with Crippen LogP contribution in [0.1, 0.15) is 37.8 Å². The highest BCUT2D eigenvalue weighted by Gasteiger charge is 2.19. The highest BCUT2D eigenvalue weighted by molar-refractivity contribution is 7.91. The Kier molecular flexibility index (Phi) is 8.33. The second-order valence-electron chi connectivity index (χ2n) is 6.50. The third-order valence-corrected chi connectivity index (χ3v) is 5.96. The molecule has 0 saturated carbocycles. The predicted molar refractivity (Wildman–Crippen MR) is 106 cm³/mol. The second-order valence-corrected chi connectivity index (χ2v) is 8.61. The van der Waals surface area contributed by atoms with Crippen LogP contribution < -0.4 is 5.32 Å². The predicted octanol–water partition coefficient (Wildman–Crippen LogP) is 3.19. The van der Waals surface area contributed by atoms with Crippen molar-refractivity contribution in [3.63, 3.8) is 0 Å². The van der Waals surface area contributed by atoms with Crippen molar-refractivity contribution in [2.24, 2.45) is 0 Å². The molecule has 0 aliphatic carbocycles. The summed E-state index contributed by atoms with van der Waals surface area (Å²) in [6.07, 6.45) is 1.20. The average molecular weight is 421 g/mol. The normalized spacial score (nSPS) is 12.2. The molecule has 0 bridgehead atoms. The largest absolute Gasteiger partial charge is 0.456 e. The SMILES string of the molecule is CCC[C@@H](NC(=O)COC(=O)CCS(=O)(=O)c1ccc(F)cc1)c1ccccc1. The summed E-state index contributed by atoms with van der Waals surface area (Å²) in [7, 11) is -3.74. The van der Waals surface area contributed by atoms with Crippen molar-refractivity contribution >= 4 is 21.7 Å². The van der Waals surface area contributed by atoms with Gasteiger partial charge in [-0.15, -0.1) is 0 Å². The number of hydrogen-bond donors (Lipinski definition) is 1. The minimum absolute atomic E-state index is 0.0743. The number of esters is 1. The van der Waals surface area contributed by atoms with E-state index in [-0.39, 0.29) is 10.9 Å². The molecule has 2 rings (SSSR count). The highest BCUT2D eigenvalue weighted by atomic mass is 32.2. The maximum atomic E-state index is 12.9. The first-order valence-electron chi connectivity index (χ1n) is 9.30. The van der Waals surface area contributed by atoms with E-state index in [1.807, 2.05) is 37.3 Å². The minimum Gasteiger partial charge on any atom is -0.456 e. The number of halogens is 1. The molecule has 0 fully saturated rings. The Bertz CT molecular complexity index is 914. The number of carbonyl (C=O) groups is 2. The Hall–Kier alpha value is -2.74. The Balaban J connectivity index is 1.82. The molecule has 0 heterocycles. The van der Waals surface area contributed by atoms with E-state index in [0.717, 1.165) is 42.7 Å². The number of sulfone groups is 1. The Morgan fingerprint density at radius 2 is 1.72 bits per heavy atom. The van der Waals surface area contributed by atoms with Crippen LogP contribution in [0.15, 0.2) is 59.5 Å². The fourth-order valence-corrected chi connectivity index (χ4v) is 3.95. The van der Waals surface area contributed by atoms with Crippen LogP contribution in [0.4, 0.5) is 4.39 Å². The first-order valence-corrected chi connectivity index (χ1v) is 11.0. The third kappa shape index (κ3) is 7.30. The minimum atomic E-state index is -3.74. The fourth-order valence-electron chi connectivity index (χ4n) is 2.73. The standard InChI is InChI=1S/C21H24FNO5S/c1-2-6-19(16-7-4-3-5-8-16)23-20(24)15-28-21(25)13-14-29(26,27)18-11-9-17(22)10-12-18/h3-5,7-12,19H,2,6,13-15H2,1H3,(H,23,24)/t19-/m1/s1. The molecule has 0 aliphatic rings. The van der Waals surface area contributed by atoms with Crippen LogP contribution in [-0.4, -0.2) is 32.7 Å². The molecular weight excluding hydrogens is 397 g/mol. The summed E-state index contributed by atoms with van der Waals surface area (Å²) in [5.74, 6) is -2.28. The number of hydrogen-bond acceptors (Lipinski definition) is 5. The Morgan fingerprint density at radius 1 is 1.07 bits per heavy atom. The molecule has 8 heteroatoms. The van der Waals surface area contributed by atoms with E-state index in [4.69, 9.17) is 4.74 Å². The van der Waals surface area contributed by atoms with Crippen LogP contribution in [-0.2, 0) is 24.2 Å². The summed E-state index contributed by atoms with van der Waals surface area (Å²) in [6.45, 7) is 1.52. The van der Waals surface area contributed by atoms with E-state index in [2.05, 4.69) is 5.32 Å². The lowest BCUT2D eigenvalue weighted by atomic mass is 10.0. The molecule has 2 aromatic carbocycles. The molecule has 0 saturated heterocycles. The summed E-state index contributed by atoms with van der Waals surface area (Å²) >= 11 is 0. The number of benzene rings is 2. The molecule has 0 aromatic heterocycles. The van der Waals surface area contributed by atoms with Crippen LogP contribution in [0.5, 0.6) is 0 Å². The summed E-state index contributed by atoms with van der Waals surface area (Å²) in [5.41, 5.74) is 0.958. The highest BCUT2D eigenvalue weighted by Crippen LogP contribution is 2.18. The van der Waals surface area contributed by atoms with Crippen molar-refractivity contribution in [1.82, 2.24) is 5.32 Å². The molecule has 0 radical (unpaired) electrons. The lowest BCUT2D eigenvalue weighted by Gasteiger charge is -2.18. The van der Waals surface area contributed by atoms with E-state index >= 15 is 0 Å². The molecule has 0 spiro atoms. The zero-order chi connectivity index (χ0) is 21.3. The quantitative estimate of drug-likeness (QED) is 0.470.